The first-order valence-electron chi connectivity index (χ1n) is 5.26. The minimum absolute atomic E-state index is 0.906. The summed E-state index contributed by atoms with van der Waals surface area (Å²) in [5.74, 6) is 0. The van der Waals surface area contributed by atoms with Crippen molar-refractivity contribution in [3.8, 4) is 0 Å². The van der Waals surface area contributed by atoms with Crippen LogP contribution >= 0.6 is 0 Å². The predicted molar refractivity (Wildman–Crippen MR) is 60.7 cm³/mol. The monoisotopic (exact) mass is 198 g/mol. The fraction of sp³-hybridized carbons (Fsp3) is 0.818. The second-order valence-corrected chi connectivity index (χ2v) is 10.0. The number of allylic oxidation sites excluding steroid dienone is 1. The minimum Gasteiger partial charge on any atom is -0.384 e. The number of hydrogen-bond acceptors (Lipinski definition) is 1. The molecule has 0 heterocycles. The molecule has 0 fully saturated rings. The normalized spacial score (nSPS) is 18.5. The topological polar surface area (TPSA) is 9.23 Å². The van der Waals surface area contributed by atoms with Gasteiger partial charge in [-0.3, -0.25) is 0 Å². The van der Waals surface area contributed by atoms with Crippen LogP contribution in [0.4, 0.5) is 0 Å². The molecule has 0 atom stereocenters. The fourth-order valence-electron chi connectivity index (χ4n) is 2.21. The Morgan fingerprint density at radius 3 is 2.46 bits per heavy atom. The average molecular weight is 198 g/mol. The highest BCUT2D eigenvalue weighted by Gasteiger charge is 2.25. The van der Waals surface area contributed by atoms with Crippen molar-refractivity contribution < 1.29 is 4.74 Å². The Bertz CT molecular complexity index is 201. The molecule has 1 aliphatic rings. The lowest BCUT2D eigenvalue weighted by Gasteiger charge is -2.20. The van der Waals surface area contributed by atoms with E-state index in [9.17, 15) is 0 Å². The molecule has 1 rings (SSSR count). The Balaban J connectivity index is 2.66. The van der Waals surface area contributed by atoms with Gasteiger partial charge >= 0.3 is 0 Å². The summed E-state index contributed by atoms with van der Waals surface area (Å²) in [6.45, 7) is 8.28. The zero-order valence-corrected chi connectivity index (χ0v) is 10.4. The molecule has 0 aliphatic heterocycles. The van der Waals surface area contributed by atoms with Gasteiger partial charge < -0.3 is 4.74 Å². The van der Waals surface area contributed by atoms with Crippen molar-refractivity contribution in [3.63, 3.8) is 0 Å². The van der Waals surface area contributed by atoms with Crippen LogP contribution in [0.1, 0.15) is 25.7 Å². The molecular weight excluding hydrogens is 176 g/mol. The van der Waals surface area contributed by atoms with Crippen molar-refractivity contribution in [1.82, 2.24) is 0 Å². The first kappa shape index (κ1) is 11.0. The molecule has 13 heavy (non-hydrogen) atoms. The van der Waals surface area contributed by atoms with Gasteiger partial charge in [0, 0.05) is 13.7 Å². The zero-order valence-electron chi connectivity index (χ0n) is 9.44. The van der Waals surface area contributed by atoms with E-state index in [1.807, 2.05) is 5.20 Å². The largest absolute Gasteiger partial charge is 0.384 e. The lowest BCUT2D eigenvalue weighted by Crippen LogP contribution is -2.24. The van der Waals surface area contributed by atoms with Crippen LogP contribution in [0.3, 0.4) is 0 Å². The zero-order chi connectivity index (χ0) is 9.90. The highest BCUT2D eigenvalue weighted by Crippen LogP contribution is 2.34. The van der Waals surface area contributed by atoms with E-state index < -0.39 is 8.07 Å². The van der Waals surface area contributed by atoms with E-state index in [1.165, 1.54) is 25.7 Å². The summed E-state index contributed by atoms with van der Waals surface area (Å²) in [4.78, 5) is 0. The summed E-state index contributed by atoms with van der Waals surface area (Å²) in [5.41, 5.74) is 1.72. The van der Waals surface area contributed by atoms with Gasteiger partial charge in [-0.2, -0.15) is 0 Å². The van der Waals surface area contributed by atoms with Gasteiger partial charge in [-0.05, 0) is 25.7 Å². The van der Waals surface area contributed by atoms with E-state index in [4.69, 9.17) is 4.74 Å². The standard InChI is InChI=1S/C11H22OSi/c1-12-9-8-10-6-5-7-11(10)13(2,3)4/h5-9H2,1-4H3. The van der Waals surface area contributed by atoms with Crippen LogP contribution in [0.5, 0.6) is 0 Å². The second-order valence-electron chi connectivity index (χ2n) is 4.93. The predicted octanol–water partition coefficient (Wildman–Crippen LogP) is 3.38. The van der Waals surface area contributed by atoms with E-state index in [1.54, 1.807) is 12.7 Å². The number of methoxy groups -OCH3 is 1. The molecule has 0 saturated heterocycles. The number of rotatable bonds is 4. The van der Waals surface area contributed by atoms with E-state index >= 15 is 0 Å². The van der Waals surface area contributed by atoms with Crippen molar-refractivity contribution in [3.05, 3.63) is 10.8 Å². The third kappa shape index (κ3) is 2.95. The van der Waals surface area contributed by atoms with Crippen LogP contribution in [0.2, 0.25) is 19.6 Å². The van der Waals surface area contributed by atoms with Gasteiger partial charge in [0.1, 0.15) is 0 Å². The van der Waals surface area contributed by atoms with Crippen LogP contribution in [-0.2, 0) is 4.74 Å². The molecule has 1 aliphatic carbocycles. The number of hydrogen-bond donors (Lipinski definition) is 0. The number of ether oxygens (including phenoxy) is 1. The van der Waals surface area contributed by atoms with Crippen LogP contribution in [0, 0.1) is 0 Å². The van der Waals surface area contributed by atoms with E-state index in [0.717, 1.165) is 6.61 Å². The molecule has 0 unspecified atom stereocenters. The highest BCUT2D eigenvalue weighted by atomic mass is 28.3. The molecule has 0 bridgehead atoms. The summed E-state index contributed by atoms with van der Waals surface area (Å²) >= 11 is 0. The van der Waals surface area contributed by atoms with E-state index in [0.29, 0.717) is 0 Å². The van der Waals surface area contributed by atoms with Crippen molar-refractivity contribution in [2.24, 2.45) is 0 Å². The quantitative estimate of drug-likeness (QED) is 0.629. The van der Waals surface area contributed by atoms with Gasteiger partial charge in [-0.1, -0.05) is 30.4 Å². The molecule has 0 aromatic carbocycles. The molecule has 0 N–H and O–H groups in total. The summed E-state index contributed by atoms with van der Waals surface area (Å²) in [6, 6.07) is 0. The summed E-state index contributed by atoms with van der Waals surface area (Å²) in [7, 11) is 0.782. The Morgan fingerprint density at radius 2 is 1.92 bits per heavy atom. The van der Waals surface area contributed by atoms with Crippen LogP contribution in [-0.4, -0.2) is 21.8 Å². The molecule has 0 aromatic rings. The third-order valence-electron chi connectivity index (χ3n) is 2.85. The van der Waals surface area contributed by atoms with Gasteiger partial charge in [0.15, 0.2) is 0 Å². The Labute approximate surface area is 83.2 Å². The summed E-state index contributed by atoms with van der Waals surface area (Å²) in [6.07, 6.45) is 5.27. The molecule has 1 nitrogen and oxygen atoms in total. The minimum atomic E-state index is -1.01. The summed E-state index contributed by atoms with van der Waals surface area (Å²) < 4.78 is 5.15. The van der Waals surface area contributed by atoms with Crippen LogP contribution in [0.15, 0.2) is 10.8 Å². The van der Waals surface area contributed by atoms with E-state index in [-0.39, 0.29) is 0 Å². The lowest BCUT2D eigenvalue weighted by atomic mass is 10.2. The maximum atomic E-state index is 5.15. The second kappa shape index (κ2) is 4.42. The Hall–Kier alpha value is -0.0831. The first-order chi connectivity index (χ1) is 6.05. The summed E-state index contributed by atoms with van der Waals surface area (Å²) in [5, 5.41) is 1.82. The molecule has 0 amide bonds. The van der Waals surface area contributed by atoms with Crippen molar-refractivity contribution in [1.29, 1.82) is 0 Å². The van der Waals surface area contributed by atoms with Crippen LogP contribution in [0.25, 0.3) is 0 Å². The van der Waals surface area contributed by atoms with Crippen molar-refractivity contribution in [2.75, 3.05) is 13.7 Å². The maximum absolute atomic E-state index is 5.15. The molecule has 0 radical (unpaired) electrons. The molecule has 0 spiro atoms. The van der Waals surface area contributed by atoms with Gasteiger partial charge in [-0.25, -0.2) is 0 Å². The lowest BCUT2D eigenvalue weighted by molar-refractivity contribution is 0.201. The average Bonchev–Trinajstić information content (AvgIpc) is 2.47. The molecule has 0 saturated carbocycles. The molecule has 2 heteroatoms. The first-order valence-corrected chi connectivity index (χ1v) is 8.76. The van der Waals surface area contributed by atoms with Gasteiger partial charge in [0.2, 0.25) is 0 Å². The molecular formula is C11H22OSi. The van der Waals surface area contributed by atoms with Crippen LogP contribution < -0.4 is 0 Å². The van der Waals surface area contributed by atoms with Crippen molar-refractivity contribution in [2.45, 2.75) is 45.3 Å². The van der Waals surface area contributed by atoms with Gasteiger partial charge in [-0.15, -0.1) is 0 Å². The van der Waals surface area contributed by atoms with E-state index in [2.05, 4.69) is 19.6 Å². The Morgan fingerprint density at radius 1 is 1.23 bits per heavy atom. The maximum Gasteiger partial charge on any atom is 0.0723 e. The van der Waals surface area contributed by atoms with Gasteiger partial charge in [0.25, 0.3) is 0 Å². The SMILES string of the molecule is COCCC1=C([Si](C)(C)C)CCC1. The van der Waals surface area contributed by atoms with Crippen molar-refractivity contribution >= 4 is 8.07 Å². The highest BCUT2D eigenvalue weighted by molar-refractivity contribution is 6.83. The third-order valence-corrected chi connectivity index (χ3v) is 5.26. The Kier molecular flexibility index (Phi) is 3.74. The molecule has 0 aromatic heterocycles. The molecule has 76 valence electrons. The smallest absolute Gasteiger partial charge is 0.0723 e. The fourth-order valence-corrected chi connectivity index (χ4v) is 4.45. The van der Waals surface area contributed by atoms with Gasteiger partial charge in [0.05, 0.1) is 8.07 Å².